The molecule has 0 saturated heterocycles. The van der Waals surface area contributed by atoms with Gasteiger partial charge in [0.05, 0.1) is 0 Å². The van der Waals surface area contributed by atoms with Gasteiger partial charge in [0.25, 0.3) is 0 Å². The quantitative estimate of drug-likeness (QED) is 0.841. The fraction of sp³-hybridized carbons (Fsp3) is 0.429. The zero-order valence-electron chi connectivity index (χ0n) is 10.7. The van der Waals surface area contributed by atoms with Gasteiger partial charge in [-0.15, -0.1) is 0 Å². The number of phenolic OH excluding ortho intramolecular Hbond substituents is 1. The molecule has 1 N–H and O–H groups in total. The Bertz CT molecular complexity index is 396. The zero-order valence-corrected chi connectivity index (χ0v) is 10.7. The maximum Gasteiger partial charge on any atom is 0.118 e. The molecule has 2 nitrogen and oxygen atoms in total. The van der Waals surface area contributed by atoms with Gasteiger partial charge in [-0.3, -0.25) is 0 Å². The van der Waals surface area contributed by atoms with E-state index in [0.29, 0.717) is 5.75 Å². The molecule has 0 amide bonds. The number of rotatable bonds is 4. The molecule has 1 rings (SSSR count). The van der Waals surface area contributed by atoms with Crippen LogP contribution in [0.2, 0.25) is 0 Å². The van der Waals surface area contributed by atoms with Crippen molar-refractivity contribution in [3.05, 3.63) is 41.1 Å². The lowest BCUT2D eigenvalue weighted by Gasteiger charge is -2.19. The Hall–Kier alpha value is -1.44. The van der Waals surface area contributed by atoms with Crippen LogP contribution in [0.15, 0.2) is 24.4 Å². The SMILES string of the molecule is C=C(C)N(C)CCc1cc(C)c(O)cc1C. The predicted molar refractivity (Wildman–Crippen MR) is 68.7 cm³/mol. The fourth-order valence-electron chi connectivity index (χ4n) is 1.61. The van der Waals surface area contributed by atoms with Crippen LogP contribution in [0.25, 0.3) is 0 Å². The van der Waals surface area contributed by atoms with Crippen molar-refractivity contribution in [2.45, 2.75) is 27.2 Å². The summed E-state index contributed by atoms with van der Waals surface area (Å²) in [5.74, 6) is 0.384. The van der Waals surface area contributed by atoms with E-state index in [0.717, 1.165) is 29.8 Å². The molecule has 1 aromatic carbocycles. The number of likely N-dealkylation sites (N-methyl/N-ethyl adjacent to an activating group) is 1. The van der Waals surface area contributed by atoms with Crippen molar-refractivity contribution in [2.24, 2.45) is 0 Å². The molecule has 0 radical (unpaired) electrons. The first-order valence-electron chi connectivity index (χ1n) is 5.57. The summed E-state index contributed by atoms with van der Waals surface area (Å²) in [6.45, 7) is 10.8. The first-order chi connectivity index (χ1) is 7.41. The number of hydrogen-bond donors (Lipinski definition) is 1. The number of hydrogen-bond acceptors (Lipinski definition) is 2. The van der Waals surface area contributed by atoms with Crippen molar-refractivity contribution in [3.8, 4) is 5.75 Å². The fourth-order valence-corrected chi connectivity index (χ4v) is 1.61. The summed E-state index contributed by atoms with van der Waals surface area (Å²) in [6, 6.07) is 3.91. The molecule has 16 heavy (non-hydrogen) atoms. The maximum atomic E-state index is 9.57. The number of phenols is 1. The summed E-state index contributed by atoms with van der Waals surface area (Å²) >= 11 is 0. The number of nitrogens with zero attached hydrogens (tertiary/aromatic N) is 1. The van der Waals surface area contributed by atoms with Gasteiger partial charge in [-0.05, 0) is 49.9 Å². The van der Waals surface area contributed by atoms with Gasteiger partial charge >= 0.3 is 0 Å². The standard InChI is InChI=1S/C14H21NO/c1-10(2)15(5)7-6-13-8-12(4)14(16)9-11(13)3/h8-9,16H,1,6-7H2,2-5H3. The molecule has 0 aromatic heterocycles. The third-order valence-corrected chi connectivity index (χ3v) is 3.02. The van der Waals surface area contributed by atoms with Crippen LogP contribution >= 0.6 is 0 Å². The normalized spacial score (nSPS) is 10.2. The molecule has 0 aliphatic rings. The van der Waals surface area contributed by atoms with Crippen LogP contribution < -0.4 is 0 Å². The summed E-state index contributed by atoms with van der Waals surface area (Å²) in [5, 5.41) is 9.57. The highest BCUT2D eigenvalue weighted by Crippen LogP contribution is 2.21. The highest BCUT2D eigenvalue weighted by Gasteiger charge is 2.05. The first kappa shape index (κ1) is 12.6. The van der Waals surface area contributed by atoms with E-state index in [4.69, 9.17) is 0 Å². The molecule has 1 aromatic rings. The van der Waals surface area contributed by atoms with Crippen LogP contribution in [-0.4, -0.2) is 23.6 Å². The van der Waals surface area contributed by atoms with Gasteiger partial charge in [-0.2, -0.15) is 0 Å². The van der Waals surface area contributed by atoms with Gasteiger partial charge in [0.15, 0.2) is 0 Å². The van der Waals surface area contributed by atoms with Gasteiger partial charge in [0.1, 0.15) is 5.75 Å². The molecule has 0 atom stereocenters. The van der Waals surface area contributed by atoms with Crippen molar-refractivity contribution in [1.82, 2.24) is 4.90 Å². The van der Waals surface area contributed by atoms with Gasteiger partial charge in [-0.25, -0.2) is 0 Å². The van der Waals surface area contributed by atoms with Crippen molar-refractivity contribution in [2.75, 3.05) is 13.6 Å². The first-order valence-corrected chi connectivity index (χ1v) is 5.57. The van der Waals surface area contributed by atoms with Crippen LogP contribution in [0.5, 0.6) is 5.75 Å². The highest BCUT2D eigenvalue weighted by atomic mass is 16.3. The van der Waals surface area contributed by atoms with Crippen molar-refractivity contribution in [3.63, 3.8) is 0 Å². The Balaban J connectivity index is 2.74. The van der Waals surface area contributed by atoms with E-state index in [9.17, 15) is 5.11 Å². The Morgan fingerprint density at radius 1 is 1.31 bits per heavy atom. The Labute approximate surface area is 98.2 Å². The lowest BCUT2D eigenvalue weighted by molar-refractivity contribution is 0.424. The third-order valence-electron chi connectivity index (χ3n) is 3.02. The van der Waals surface area contributed by atoms with Crippen LogP contribution in [0.1, 0.15) is 23.6 Å². The van der Waals surface area contributed by atoms with E-state index < -0.39 is 0 Å². The van der Waals surface area contributed by atoms with Crippen LogP contribution in [0.4, 0.5) is 0 Å². The minimum atomic E-state index is 0.384. The molecule has 0 heterocycles. The van der Waals surface area contributed by atoms with Gasteiger partial charge in [-0.1, -0.05) is 12.6 Å². The largest absolute Gasteiger partial charge is 0.508 e. The van der Waals surface area contributed by atoms with Crippen LogP contribution in [0.3, 0.4) is 0 Å². The smallest absolute Gasteiger partial charge is 0.118 e. The molecule has 0 fully saturated rings. The maximum absolute atomic E-state index is 9.57. The lowest BCUT2D eigenvalue weighted by Crippen LogP contribution is -2.18. The minimum absolute atomic E-state index is 0.384. The molecule has 88 valence electrons. The Morgan fingerprint density at radius 3 is 2.50 bits per heavy atom. The molecule has 0 unspecified atom stereocenters. The van der Waals surface area contributed by atoms with Crippen molar-refractivity contribution < 1.29 is 5.11 Å². The van der Waals surface area contributed by atoms with E-state index in [1.165, 1.54) is 5.56 Å². The molecule has 0 bridgehead atoms. The van der Waals surface area contributed by atoms with E-state index in [2.05, 4.69) is 17.5 Å². The highest BCUT2D eigenvalue weighted by molar-refractivity contribution is 5.40. The second-order valence-electron chi connectivity index (χ2n) is 4.47. The van der Waals surface area contributed by atoms with E-state index in [1.807, 2.05) is 33.9 Å². The van der Waals surface area contributed by atoms with Gasteiger partial charge < -0.3 is 10.0 Å². The van der Waals surface area contributed by atoms with Gasteiger partial charge in [0, 0.05) is 19.3 Å². The average molecular weight is 219 g/mol. The van der Waals surface area contributed by atoms with E-state index >= 15 is 0 Å². The molecule has 0 saturated carbocycles. The summed E-state index contributed by atoms with van der Waals surface area (Å²) in [6.07, 6.45) is 0.982. The lowest BCUT2D eigenvalue weighted by atomic mass is 10.0. The van der Waals surface area contributed by atoms with Crippen molar-refractivity contribution in [1.29, 1.82) is 0 Å². The minimum Gasteiger partial charge on any atom is -0.508 e. The van der Waals surface area contributed by atoms with Crippen LogP contribution in [0, 0.1) is 13.8 Å². The summed E-state index contributed by atoms with van der Waals surface area (Å²) in [7, 11) is 2.05. The third kappa shape index (κ3) is 3.02. The molecule has 2 heteroatoms. The molecule has 0 spiro atoms. The zero-order chi connectivity index (χ0) is 12.3. The number of aromatic hydroxyl groups is 1. The predicted octanol–water partition coefficient (Wildman–Crippen LogP) is 3.02. The average Bonchev–Trinajstić information content (AvgIpc) is 2.20. The number of allylic oxidation sites excluding steroid dienone is 1. The Morgan fingerprint density at radius 2 is 1.94 bits per heavy atom. The second-order valence-corrected chi connectivity index (χ2v) is 4.47. The second kappa shape index (κ2) is 5.06. The van der Waals surface area contributed by atoms with E-state index in [-0.39, 0.29) is 0 Å². The topological polar surface area (TPSA) is 23.5 Å². The Kier molecular flexibility index (Phi) is 3.99. The number of aryl methyl sites for hydroxylation is 2. The summed E-state index contributed by atoms with van der Waals surface area (Å²) in [4.78, 5) is 2.14. The molecular weight excluding hydrogens is 198 g/mol. The molecular formula is C14H21NO. The molecule has 0 aliphatic heterocycles. The summed E-state index contributed by atoms with van der Waals surface area (Å²) < 4.78 is 0. The monoisotopic (exact) mass is 219 g/mol. The van der Waals surface area contributed by atoms with Crippen LogP contribution in [-0.2, 0) is 6.42 Å². The van der Waals surface area contributed by atoms with Gasteiger partial charge in [0.2, 0.25) is 0 Å². The van der Waals surface area contributed by atoms with Crippen molar-refractivity contribution >= 4 is 0 Å². The number of benzene rings is 1. The van der Waals surface area contributed by atoms with E-state index in [1.54, 1.807) is 0 Å². The molecule has 0 aliphatic carbocycles. The summed E-state index contributed by atoms with van der Waals surface area (Å²) in [5.41, 5.74) is 4.47.